The largest absolute Gasteiger partial charge is 0.353 e. The van der Waals surface area contributed by atoms with Crippen molar-refractivity contribution in [2.45, 2.75) is 0 Å². The van der Waals surface area contributed by atoms with Crippen molar-refractivity contribution < 1.29 is 0 Å². The fourth-order valence-corrected chi connectivity index (χ4v) is 2.66. The minimum absolute atomic E-state index is 0.00193. The molecule has 0 fully saturated rings. The summed E-state index contributed by atoms with van der Waals surface area (Å²) in [5.74, 6) is 0. The van der Waals surface area contributed by atoms with Gasteiger partial charge in [-0.15, -0.1) is 0 Å². The minimum atomic E-state index is -0.0854. The number of halogens is 3. The zero-order valence-corrected chi connectivity index (χ0v) is 13.9. The van der Waals surface area contributed by atoms with Crippen molar-refractivity contribution in [2.75, 3.05) is 5.32 Å². The highest BCUT2D eigenvalue weighted by Crippen LogP contribution is 2.38. The van der Waals surface area contributed by atoms with Crippen LogP contribution in [0.5, 0.6) is 0 Å². The normalized spacial score (nSPS) is 9.45. The highest BCUT2D eigenvalue weighted by Gasteiger charge is 2.22. The second-order valence-corrected chi connectivity index (χ2v) is 5.77. The lowest BCUT2D eigenvalue weighted by Crippen LogP contribution is -2.01. The molecule has 0 atom stereocenters. The number of rotatable bonds is 2. The summed E-state index contributed by atoms with van der Waals surface area (Å²) in [7, 11) is 0. The number of hydrogen-bond acceptors (Lipinski definition) is 4. The van der Waals surface area contributed by atoms with E-state index < -0.39 is 0 Å². The van der Waals surface area contributed by atoms with Gasteiger partial charge in [0.05, 0.1) is 32.4 Å². The molecule has 0 unspecified atom stereocenters. The first kappa shape index (κ1) is 16.1. The van der Waals surface area contributed by atoms with Crippen LogP contribution in [0.1, 0.15) is 16.7 Å². The van der Waals surface area contributed by atoms with Crippen molar-refractivity contribution in [3.63, 3.8) is 0 Å². The van der Waals surface area contributed by atoms with Crippen molar-refractivity contribution >= 4 is 50.5 Å². The zero-order chi connectivity index (χ0) is 16.3. The topological polar surface area (TPSA) is 83.4 Å². The lowest BCUT2D eigenvalue weighted by Gasteiger charge is -2.14. The number of nitriles is 3. The Bertz CT molecular complexity index is 830. The molecular weight excluding hydrogens is 387 g/mol. The molecule has 0 radical (unpaired) electrons. The first-order valence-corrected chi connectivity index (χ1v) is 7.36. The highest BCUT2D eigenvalue weighted by atomic mass is 79.9. The molecule has 22 heavy (non-hydrogen) atoms. The highest BCUT2D eigenvalue weighted by molar-refractivity contribution is 9.10. The molecule has 7 heteroatoms. The van der Waals surface area contributed by atoms with Gasteiger partial charge < -0.3 is 5.32 Å². The molecular formula is C15H5BrCl2N4. The number of nitrogens with zero attached hydrogens (tertiary/aromatic N) is 3. The van der Waals surface area contributed by atoms with Gasteiger partial charge in [0.1, 0.15) is 18.2 Å². The number of anilines is 2. The first-order chi connectivity index (χ1) is 10.5. The molecule has 0 aromatic heterocycles. The van der Waals surface area contributed by atoms with E-state index in [1.807, 2.05) is 18.2 Å². The molecule has 0 saturated heterocycles. The molecule has 0 heterocycles. The molecule has 2 rings (SSSR count). The third kappa shape index (κ3) is 2.86. The van der Waals surface area contributed by atoms with Crippen LogP contribution in [0, 0.1) is 34.0 Å². The van der Waals surface area contributed by atoms with Crippen LogP contribution < -0.4 is 5.32 Å². The van der Waals surface area contributed by atoms with Crippen LogP contribution in [0.15, 0.2) is 28.7 Å². The van der Waals surface area contributed by atoms with Gasteiger partial charge in [0.15, 0.2) is 0 Å². The van der Waals surface area contributed by atoms with Crippen molar-refractivity contribution in [1.29, 1.82) is 15.8 Å². The second kappa shape index (κ2) is 6.69. The van der Waals surface area contributed by atoms with Crippen LogP contribution in [0.2, 0.25) is 10.0 Å². The van der Waals surface area contributed by atoms with Gasteiger partial charge in [0.25, 0.3) is 0 Å². The summed E-state index contributed by atoms with van der Waals surface area (Å²) < 4.78 is 0.884. The molecule has 0 saturated carbocycles. The summed E-state index contributed by atoms with van der Waals surface area (Å²) in [5, 5.41) is 30.5. The average molecular weight is 392 g/mol. The molecule has 0 spiro atoms. The summed E-state index contributed by atoms with van der Waals surface area (Å²) in [6.07, 6.45) is 0. The lowest BCUT2D eigenvalue weighted by atomic mass is 10.0. The molecule has 0 bridgehead atoms. The van der Waals surface area contributed by atoms with E-state index in [1.165, 1.54) is 0 Å². The SMILES string of the molecule is N#Cc1c(Cl)c(C#N)c(Nc2ccc(Br)cc2)c(C#N)c1Cl. The molecule has 2 aromatic rings. The summed E-state index contributed by atoms with van der Waals surface area (Å²) in [4.78, 5) is 0. The van der Waals surface area contributed by atoms with Gasteiger partial charge in [-0.25, -0.2) is 0 Å². The minimum Gasteiger partial charge on any atom is -0.353 e. The molecule has 0 aliphatic heterocycles. The summed E-state index contributed by atoms with van der Waals surface area (Å²) in [5.41, 5.74) is 0.747. The molecule has 4 nitrogen and oxygen atoms in total. The summed E-state index contributed by atoms with van der Waals surface area (Å²) >= 11 is 15.4. The van der Waals surface area contributed by atoms with E-state index in [0.29, 0.717) is 5.69 Å². The van der Waals surface area contributed by atoms with Crippen LogP contribution in [0.25, 0.3) is 0 Å². The number of hydrogen-bond donors (Lipinski definition) is 1. The number of nitrogens with one attached hydrogen (secondary N) is 1. The van der Waals surface area contributed by atoms with Crippen LogP contribution in [0.4, 0.5) is 11.4 Å². The fourth-order valence-electron chi connectivity index (χ4n) is 1.80. The molecule has 0 amide bonds. The van der Waals surface area contributed by atoms with Crippen LogP contribution in [-0.2, 0) is 0 Å². The van der Waals surface area contributed by atoms with E-state index in [4.69, 9.17) is 28.5 Å². The van der Waals surface area contributed by atoms with Gasteiger partial charge in [-0.3, -0.25) is 0 Å². The van der Waals surface area contributed by atoms with E-state index in [9.17, 15) is 10.5 Å². The molecule has 2 aromatic carbocycles. The van der Waals surface area contributed by atoms with E-state index >= 15 is 0 Å². The van der Waals surface area contributed by atoms with Gasteiger partial charge in [-0.05, 0) is 24.3 Å². The Kier molecular flexibility index (Phi) is 4.91. The van der Waals surface area contributed by atoms with Crippen molar-refractivity contribution in [2.24, 2.45) is 0 Å². The van der Waals surface area contributed by atoms with E-state index in [2.05, 4.69) is 21.2 Å². The van der Waals surface area contributed by atoms with Crippen molar-refractivity contribution in [3.8, 4) is 18.2 Å². The predicted molar refractivity (Wildman–Crippen MR) is 88.0 cm³/mol. The van der Waals surface area contributed by atoms with E-state index in [-0.39, 0.29) is 32.4 Å². The lowest BCUT2D eigenvalue weighted by molar-refractivity contribution is 1.40. The standard InChI is InChI=1S/C15H5BrCl2N4/c16-8-1-3-9(4-2-8)22-15-11(6-20)13(17)10(5-19)14(18)12(15)7-21/h1-4,22H. The molecule has 1 N–H and O–H groups in total. The maximum absolute atomic E-state index is 9.31. The Hall–Kier alpha value is -2.23. The van der Waals surface area contributed by atoms with Gasteiger partial charge in [0.2, 0.25) is 0 Å². The summed E-state index contributed by atoms with van der Waals surface area (Å²) in [6, 6.07) is 12.7. The fraction of sp³-hybridized carbons (Fsp3) is 0. The second-order valence-electron chi connectivity index (χ2n) is 4.10. The Morgan fingerprint density at radius 2 is 1.27 bits per heavy atom. The van der Waals surface area contributed by atoms with Crippen LogP contribution >= 0.6 is 39.1 Å². The Morgan fingerprint density at radius 1 is 0.818 bits per heavy atom. The monoisotopic (exact) mass is 390 g/mol. The molecule has 0 aliphatic carbocycles. The van der Waals surface area contributed by atoms with E-state index in [1.54, 1.807) is 24.3 Å². The maximum atomic E-state index is 9.31. The molecule has 0 aliphatic rings. The molecule has 106 valence electrons. The van der Waals surface area contributed by atoms with Gasteiger partial charge in [0, 0.05) is 10.2 Å². The van der Waals surface area contributed by atoms with Crippen LogP contribution in [0.3, 0.4) is 0 Å². The smallest absolute Gasteiger partial charge is 0.103 e. The maximum Gasteiger partial charge on any atom is 0.103 e. The predicted octanol–water partition coefficient (Wildman–Crippen LogP) is 5.11. The quantitative estimate of drug-likeness (QED) is 0.770. The van der Waals surface area contributed by atoms with E-state index in [0.717, 1.165) is 4.47 Å². The average Bonchev–Trinajstić information content (AvgIpc) is 2.50. The van der Waals surface area contributed by atoms with Gasteiger partial charge >= 0.3 is 0 Å². The Balaban J connectivity index is 2.70. The van der Waals surface area contributed by atoms with Gasteiger partial charge in [-0.1, -0.05) is 39.1 Å². The third-order valence-corrected chi connectivity index (χ3v) is 4.11. The van der Waals surface area contributed by atoms with Crippen molar-refractivity contribution in [3.05, 3.63) is 55.5 Å². The van der Waals surface area contributed by atoms with Gasteiger partial charge in [-0.2, -0.15) is 15.8 Å². The van der Waals surface area contributed by atoms with Crippen molar-refractivity contribution in [1.82, 2.24) is 0 Å². The summed E-state index contributed by atoms with van der Waals surface area (Å²) in [6.45, 7) is 0. The first-order valence-electron chi connectivity index (χ1n) is 5.81. The number of benzene rings is 2. The Labute approximate surface area is 145 Å². The van der Waals surface area contributed by atoms with Crippen LogP contribution in [-0.4, -0.2) is 0 Å². The Morgan fingerprint density at radius 3 is 1.68 bits per heavy atom. The third-order valence-electron chi connectivity index (χ3n) is 2.83. The zero-order valence-electron chi connectivity index (χ0n) is 10.8.